The molecule has 2 rings (SSSR count). The number of benzene rings is 2. The lowest BCUT2D eigenvalue weighted by Gasteiger charge is -2.14. The largest absolute Gasteiger partial charge is 0.309 e. The van der Waals surface area contributed by atoms with Crippen LogP contribution in [0.4, 0.5) is 0 Å². The number of aryl methyl sites for hydroxylation is 1. The van der Waals surface area contributed by atoms with Gasteiger partial charge in [-0.05, 0) is 31.5 Å². The molecule has 0 amide bonds. The van der Waals surface area contributed by atoms with Gasteiger partial charge in [-0.1, -0.05) is 48.0 Å². The van der Waals surface area contributed by atoms with E-state index in [1.54, 1.807) is 0 Å². The summed E-state index contributed by atoms with van der Waals surface area (Å²) < 4.78 is 0. The summed E-state index contributed by atoms with van der Waals surface area (Å²) in [7, 11) is 0. The third kappa shape index (κ3) is 4.73. The molecule has 0 saturated heterocycles. The first-order chi connectivity index (χ1) is 9.25. The summed E-state index contributed by atoms with van der Waals surface area (Å²) in [6.07, 6.45) is 0. The SMILES string of the molecule is Cc1ccc([C@H](C)NCCSc2ccccc2)cc1. The van der Waals surface area contributed by atoms with Gasteiger partial charge in [0.1, 0.15) is 0 Å². The summed E-state index contributed by atoms with van der Waals surface area (Å²) in [5, 5.41) is 3.57. The average Bonchev–Trinajstić information content (AvgIpc) is 2.45. The Morgan fingerprint density at radius 2 is 1.68 bits per heavy atom. The molecule has 0 aliphatic heterocycles. The molecular formula is C17H21NS. The molecule has 2 aromatic rings. The van der Waals surface area contributed by atoms with E-state index in [0.717, 1.165) is 12.3 Å². The summed E-state index contributed by atoms with van der Waals surface area (Å²) in [5.41, 5.74) is 2.67. The van der Waals surface area contributed by atoms with Crippen molar-refractivity contribution in [3.05, 3.63) is 65.7 Å². The van der Waals surface area contributed by atoms with Gasteiger partial charge in [0.25, 0.3) is 0 Å². The van der Waals surface area contributed by atoms with E-state index in [2.05, 4.69) is 73.8 Å². The Kier molecular flexibility index (Phi) is 5.49. The van der Waals surface area contributed by atoms with Crippen molar-refractivity contribution in [2.24, 2.45) is 0 Å². The zero-order valence-corrected chi connectivity index (χ0v) is 12.4. The van der Waals surface area contributed by atoms with Gasteiger partial charge in [-0.2, -0.15) is 0 Å². The van der Waals surface area contributed by atoms with Crippen molar-refractivity contribution in [3.8, 4) is 0 Å². The average molecular weight is 271 g/mol. The Hall–Kier alpha value is -1.25. The molecule has 0 saturated carbocycles. The van der Waals surface area contributed by atoms with Crippen molar-refractivity contribution >= 4 is 11.8 Å². The van der Waals surface area contributed by atoms with Gasteiger partial charge in [0, 0.05) is 23.2 Å². The lowest BCUT2D eigenvalue weighted by molar-refractivity contribution is 0.601. The van der Waals surface area contributed by atoms with E-state index in [4.69, 9.17) is 0 Å². The van der Waals surface area contributed by atoms with Crippen molar-refractivity contribution < 1.29 is 0 Å². The van der Waals surface area contributed by atoms with Gasteiger partial charge >= 0.3 is 0 Å². The normalized spacial score (nSPS) is 12.3. The highest BCUT2D eigenvalue weighted by Gasteiger charge is 2.03. The van der Waals surface area contributed by atoms with Gasteiger partial charge < -0.3 is 5.32 Å². The highest BCUT2D eigenvalue weighted by atomic mass is 32.2. The van der Waals surface area contributed by atoms with Crippen LogP contribution in [0, 0.1) is 6.92 Å². The molecule has 100 valence electrons. The van der Waals surface area contributed by atoms with E-state index in [0.29, 0.717) is 6.04 Å². The van der Waals surface area contributed by atoms with Crippen LogP contribution in [0.15, 0.2) is 59.5 Å². The number of nitrogens with one attached hydrogen (secondary N) is 1. The van der Waals surface area contributed by atoms with Gasteiger partial charge in [-0.15, -0.1) is 11.8 Å². The molecule has 0 heterocycles. The standard InChI is InChI=1S/C17H21NS/c1-14-8-10-16(11-9-14)15(2)18-12-13-19-17-6-4-3-5-7-17/h3-11,15,18H,12-13H2,1-2H3/t15-/m0/s1. The lowest BCUT2D eigenvalue weighted by Crippen LogP contribution is -2.21. The maximum atomic E-state index is 3.57. The van der Waals surface area contributed by atoms with Crippen LogP contribution in [0.1, 0.15) is 24.1 Å². The van der Waals surface area contributed by atoms with Crippen molar-refractivity contribution in [2.75, 3.05) is 12.3 Å². The molecule has 0 bridgehead atoms. The van der Waals surface area contributed by atoms with Gasteiger partial charge in [-0.3, -0.25) is 0 Å². The van der Waals surface area contributed by atoms with Crippen molar-refractivity contribution in [2.45, 2.75) is 24.8 Å². The number of hydrogen-bond donors (Lipinski definition) is 1. The predicted molar refractivity (Wildman–Crippen MR) is 84.8 cm³/mol. The van der Waals surface area contributed by atoms with Gasteiger partial charge in [0.2, 0.25) is 0 Å². The van der Waals surface area contributed by atoms with Crippen LogP contribution in [-0.2, 0) is 0 Å². The Balaban J connectivity index is 1.72. The van der Waals surface area contributed by atoms with E-state index in [1.165, 1.54) is 16.0 Å². The molecule has 0 radical (unpaired) electrons. The molecule has 0 aromatic heterocycles. The number of thioether (sulfide) groups is 1. The Bertz CT molecular complexity index is 478. The minimum Gasteiger partial charge on any atom is -0.309 e. The quantitative estimate of drug-likeness (QED) is 0.616. The van der Waals surface area contributed by atoms with E-state index in [9.17, 15) is 0 Å². The first-order valence-electron chi connectivity index (χ1n) is 6.73. The van der Waals surface area contributed by atoms with Gasteiger partial charge in [-0.25, -0.2) is 0 Å². The fourth-order valence-corrected chi connectivity index (χ4v) is 2.74. The molecule has 0 spiro atoms. The van der Waals surface area contributed by atoms with E-state index in [1.807, 2.05) is 11.8 Å². The molecule has 0 aliphatic carbocycles. The van der Waals surface area contributed by atoms with Crippen LogP contribution in [-0.4, -0.2) is 12.3 Å². The van der Waals surface area contributed by atoms with Crippen LogP contribution in [0.25, 0.3) is 0 Å². The summed E-state index contributed by atoms with van der Waals surface area (Å²) in [6.45, 7) is 5.37. The molecular weight excluding hydrogens is 250 g/mol. The third-order valence-electron chi connectivity index (χ3n) is 3.14. The Labute approximate surface area is 120 Å². The molecule has 0 unspecified atom stereocenters. The van der Waals surface area contributed by atoms with Crippen molar-refractivity contribution in [1.82, 2.24) is 5.32 Å². The fraction of sp³-hybridized carbons (Fsp3) is 0.294. The second kappa shape index (κ2) is 7.37. The first-order valence-corrected chi connectivity index (χ1v) is 7.72. The predicted octanol–water partition coefficient (Wildman–Crippen LogP) is 4.44. The third-order valence-corrected chi connectivity index (χ3v) is 4.16. The number of rotatable bonds is 6. The lowest BCUT2D eigenvalue weighted by atomic mass is 10.1. The van der Waals surface area contributed by atoms with Crippen LogP contribution in [0.2, 0.25) is 0 Å². The zero-order valence-electron chi connectivity index (χ0n) is 11.6. The number of hydrogen-bond acceptors (Lipinski definition) is 2. The zero-order chi connectivity index (χ0) is 13.5. The summed E-state index contributed by atoms with van der Waals surface area (Å²) in [4.78, 5) is 1.34. The van der Waals surface area contributed by atoms with Gasteiger partial charge in [0.15, 0.2) is 0 Å². The highest BCUT2D eigenvalue weighted by molar-refractivity contribution is 7.99. The van der Waals surface area contributed by atoms with E-state index >= 15 is 0 Å². The maximum Gasteiger partial charge on any atom is 0.0292 e. The smallest absolute Gasteiger partial charge is 0.0292 e. The molecule has 2 aromatic carbocycles. The first kappa shape index (κ1) is 14.2. The topological polar surface area (TPSA) is 12.0 Å². The van der Waals surface area contributed by atoms with E-state index < -0.39 is 0 Å². The minimum absolute atomic E-state index is 0.414. The van der Waals surface area contributed by atoms with Gasteiger partial charge in [0.05, 0.1) is 0 Å². The van der Waals surface area contributed by atoms with Crippen molar-refractivity contribution in [3.63, 3.8) is 0 Å². The molecule has 19 heavy (non-hydrogen) atoms. The summed E-state index contributed by atoms with van der Waals surface area (Å²) in [6, 6.07) is 19.7. The van der Waals surface area contributed by atoms with Crippen LogP contribution in [0.3, 0.4) is 0 Å². The highest BCUT2D eigenvalue weighted by Crippen LogP contribution is 2.17. The Morgan fingerprint density at radius 1 is 1.00 bits per heavy atom. The molecule has 1 atom stereocenters. The molecule has 1 nitrogen and oxygen atoms in total. The second-order valence-corrected chi connectivity index (χ2v) is 5.92. The van der Waals surface area contributed by atoms with Crippen molar-refractivity contribution in [1.29, 1.82) is 0 Å². The summed E-state index contributed by atoms with van der Waals surface area (Å²) in [5.74, 6) is 1.10. The molecule has 1 N–H and O–H groups in total. The van der Waals surface area contributed by atoms with Crippen LogP contribution in [0.5, 0.6) is 0 Å². The molecule has 0 fully saturated rings. The summed E-state index contributed by atoms with van der Waals surface area (Å²) >= 11 is 1.90. The van der Waals surface area contributed by atoms with Crippen LogP contribution < -0.4 is 5.32 Å². The monoisotopic (exact) mass is 271 g/mol. The maximum absolute atomic E-state index is 3.57. The minimum atomic E-state index is 0.414. The molecule has 2 heteroatoms. The van der Waals surface area contributed by atoms with Crippen LogP contribution >= 0.6 is 11.8 Å². The Morgan fingerprint density at radius 3 is 2.37 bits per heavy atom. The van der Waals surface area contributed by atoms with E-state index in [-0.39, 0.29) is 0 Å². The fourth-order valence-electron chi connectivity index (χ4n) is 1.93. The second-order valence-electron chi connectivity index (χ2n) is 4.75. The molecule has 0 aliphatic rings.